The summed E-state index contributed by atoms with van der Waals surface area (Å²) in [7, 11) is -3.32. The molecule has 0 spiro atoms. The maximum Gasteiger partial charge on any atom is 0.257 e. The van der Waals surface area contributed by atoms with E-state index in [0.29, 0.717) is 4.73 Å². The first-order valence-electron chi connectivity index (χ1n) is 7.67. The minimum absolute atomic E-state index is 0.0134. The van der Waals surface area contributed by atoms with Crippen LogP contribution in [0, 0.1) is 11.7 Å². The van der Waals surface area contributed by atoms with Crippen LogP contribution in [0.1, 0.15) is 13.8 Å². The molecule has 142 valence electrons. The van der Waals surface area contributed by atoms with Crippen molar-refractivity contribution in [2.24, 2.45) is 5.92 Å². The molecule has 11 heteroatoms. The van der Waals surface area contributed by atoms with Crippen LogP contribution >= 0.6 is 11.6 Å². The Morgan fingerprint density at radius 2 is 2.15 bits per heavy atom. The largest absolute Gasteiger partial charge is 0.308 e. The number of pyridine rings is 1. The molecule has 0 aliphatic rings. The number of hydrogen-bond acceptors (Lipinski definition) is 5. The molecule has 0 aliphatic heterocycles. The van der Waals surface area contributed by atoms with Gasteiger partial charge in [-0.3, -0.25) is 10.0 Å². The average molecular weight is 406 g/mol. The van der Waals surface area contributed by atoms with Gasteiger partial charge in [0.1, 0.15) is 21.2 Å². The molecule has 1 amide bonds. The summed E-state index contributed by atoms with van der Waals surface area (Å²) in [6.45, 7) is 3.47. The Balaban J connectivity index is 2.37. The highest BCUT2D eigenvalue weighted by Gasteiger charge is 2.27. The lowest BCUT2D eigenvalue weighted by Crippen LogP contribution is -2.37. The third-order valence-corrected chi connectivity index (χ3v) is 4.94. The number of hydrogen-bond donors (Lipinski definition) is 1. The summed E-state index contributed by atoms with van der Waals surface area (Å²) >= 11 is 6.12. The van der Waals surface area contributed by atoms with Gasteiger partial charge in [-0.15, -0.1) is 0 Å². The summed E-state index contributed by atoms with van der Waals surface area (Å²) in [5.41, 5.74) is 0.446. The lowest BCUT2D eigenvalue weighted by atomic mass is 10.2. The number of halogens is 2. The minimum Gasteiger partial charge on any atom is -0.308 e. The molecule has 0 aromatic carbocycles. The standard InChI is InChI=1S/C15H19ClFN4O4S/c1-4-20(15(22)10(2)9-26(3,24)25)13-8-21(18-14(13)16)12-5-11(17)6-19(23)7-12/h5-8,10,23H,4,9H2,1-3H3/q+1. The van der Waals surface area contributed by atoms with Gasteiger partial charge in [-0.25, -0.2) is 17.5 Å². The van der Waals surface area contributed by atoms with Crippen LogP contribution in [0.15, 0.2) is 24.7 Å². The fourth-order valence-corrected chi connectivity index (χ4v) is 3.82. The fourth-order valence-electron chi connectivity index (χ4n) is 2.53. The molecule has 0 saturated heterocycles. The van der Waals surface area contributed by atoms with Gasteiger partial charge >= 0.3 is 0 Å². The van der Waals surface area contributed by atoms with E-state index in [-0.39, 0.29) is 28.8 Å². The molecule has 0 fully saturated rings. The van der Waals surface area contributed by atoms with E-state index in [2.05, 4.69) is 5.10 Å². The maximum absolute atomic E-state index is 13.5. The van der Waals surface area contributed by atoms with Crippen LogP contribution in [0.25, 0.3) is 5.69 Å². The number of rotatable bonds is 6. The van der Waals surface area contributed by atoms with E-state index in [9.17, 15) is 22.8 Å². The summed E-state index contributed by atoms with van der Waals surface area (Å²) in [6.07, 6.45) is 4.54. The van der Waals surface area contributed by atoms with E-state index in [4.69, 9.17) is 11.6 Å². The summed E-state index contributed by atoms with van der Waals surface area (Å²) in [6, 6.07) is 1.13. The van der Waals surface area contributed by atoms with Crippen molar-refractivity contribution < 1.29 is 27.5 Å². The van der Waals surface area contributed by atoms with Gasteiger partial charge in [0.05, 0.1) is 11.9 Å². The molecule has 1 atom stereocenters. The number of sulfone groups is 1. The summed E-state index contributed by atoms with van der Waals surface area (Å²) in [4.78, 5) is 13.9. The van der Waals surface area contributed by atoms with Crippen molar-refractivity contribution in [2.45, 2.75) is 13.8 Å². The molecule has 2 aromatic heterocycles. The van der Waals surface area contributed by atoms with Crippen molar-refractivity contribution in [1.82, 2.24) is 9.78 Å². The molecule has 2 aromatic rings. The Morgan fingerprint density at radius 3 is 2.69 bits per heavy atom. The molecule has 1 unspecified atom stereocenters. The third-order valence-electron chi connectivity index (χ3n) is 3.57. The van der Waals surface area contributed by atoms with Gasteiger partial charge in [0.25, 0.3) is 6.20 Å². The van der Waals surface area contributed by atoms with E-state index < -0.39 is 27.5 Å². The van der Waals surface area contributed by atoms with Gasteiger partial charge in [0.2, 0.25) is 12.1 Å². The van der Waals surface area contributed by atoms with E-state index in [1.807, 2.05) is 0 Å². The summed E-state index contributed by atoms with van der Waals surface area (Å²) < 4.78 is 38.1. The zero-order valence-electron chi connectivity index (χ0n) is 14.4. The Hall–Kier alpha value is -2.20. The van der Waals surface area contributed by atoms with Gasteiger partial charge in [-0.05, 0) is 6.92 Å². The monoisotopic (exact) mass is 405 g/mol. The van der Waals surface area contributed by atoms with E-state index >= 15 is 0 Å². The van der Waals surface area contributed by atoms with Gasteiger partial charge in [0.15, 0.2) is 11.0 Å². The topological polar surface area (TPSA) is 96.4 Å². The zero-order chi connectivity index (χ0) is 19.6. The molecular weight excluding hydrogens is 387 g/mol. The van der Waals surface area contributed by atoms with Crippen molar-refractivity contribution in [1.29, 1.82) is 0 Å². The highest BCUT2D eigenvalue weighted by Crippen LogP contribution is 2.27. The highest BCUT2D eigenvalue weighted by molar-refractivity contribution is 7.90. The zero-order valence-corrected chi connectivity index (χ0v) is 16.0. The van der Waals surface area contributed by atoms with Crippen LogP contribution in [-0.4, -0.2) is 47.9 Å². The molecule has 0 saturated carbocycles. The Bertz CT molecular complexity index is 911. The normalized spacial score (nSPS) is 12.8. The smallest absolute Gasteiger partial charge is 0.257 e. The second-order valence-corrected chi connectivity index (χ2v) is 8.46. The van der Waals surface area contributed by atoms with Crippen molar-refractivity contribution in [3.63, 3.8) is 0 Å². The van der Waals surface area contributed by atoms with Crippen LogP contribution in [0.5, 0.6) is 0 Å². The van der Waals surface area contributed by atoms with Crippen molar-refractivity contribution >= 4 is 33.0 Å². The highest BCUT2D eigenvalue weighted by atomic mass is 35.5. The molecule has 26 heavy (non-hydrogen) atoms. The van der Waals surface area contributed by atoms with Gasteiger partial charge < -0.3 is 4.90 Å². The van der Waals surface area contributed by atoms with Crippen LogP contribution in [0.4, 0.5) is 10.1 Å². The maximum atomic E-state index is 13.5. The predicted octanol–water partition coefficient (Wildman–Crippen LogP) is 1.22. The molecule has 2 heterocycles. The third kappa shape index (κ3) is 4.70. The van der Waals surface area contributed by atoms with Crippen molar-refractivity contribution in [2.75, 3.05) is 23.5 Å². The molecule has 2 rings (SSSR count). The van der Waals surface area contributed by atoms with Crippen molar-refractivity contribution in [3.8, 4) is 5.69 Å². The second kappa shape index (κ2) is 7.58. The molecule has 0 radical (unpaired) electrons. The fraction of sp³-hybridized carbons (Fsp3) is 0.400. The second-order valence-electron chi connectivity index (χ2n) is 5.92. The molecule has 1 N–H and O–H groups in total. The number of amides is 1. The van der Waals surface area contributed by atoms with Gasteiger partial charge in [-0.1, -0.05) is 18.5 Å². The number of aromatic nitrogens is 3. The number of nitrogens with zero attached hydrogens (tertiary/aromatic N) is 4. The summed E-state index contributed by atoms with van der Waals surface area (Å²) in [5, 5.41) is 13.5. The Labute approximate surface area is 155 Å². The summed E-state index contributed by atoms with van der Waals surface area (Å²) in [5.74, 6) is -2.17. The first kappa shape index (κ1) is 20.1. The first-order valence-corrected chi connectivity index (χ1v) is 10.1. The van der Waals surface area contributed by atoms with Crippen LogP contribution in [0.2, 0.25) is 5.15 Å². The van der Waals surface area contributed by atoms with Crippen molar-refractivity contribution in [3.05, 3.63) is 35.6 Å². The SMILES string of the molecule is CCN(C(=O)C(C)CS(C)(=O)=O)c1cn(-c2cc(F)c[n+](O)c2)nc1Cl. The minimum atomic E-state index is -3.32. The predicted molar refractivity (Wildman–Crippen MR) is 92.8 cm³/mol. The van der Waals surface area contributed by atoms with Gasteiger partial charge in [-0.2, -0.15) is 5.10 Å². The van der Waals surface area contributed by atoms with Crippen LogP contribution in [0.3, 0.4) is 0 Å². The first-order chi connectivity index (χ1) is 12.0. The van der Waals surface area contributed by atoms with E-state index in [1.54, 1.807) is 6.92 Å². The molecular formula is C15H19ClFN4O4S+. The Morgan fingerprint density at radius 1 is 1.50 bits per heavy atom. The number of carbonyl (C=O) groups excluding carboxylic acids is 1. The number of carbonyl (C=O) groups is 1. The molecule has 0 bridgehead atoms. The quantitative estimate of drug-likeness (QED) is 0.576. The molecule has 0 aliphatic carbocycles. The van der Waals surface area contributed by atoms with E-state index in [1.165, 1.54) is 28.9 Å². The Kier molecular flexibility index (Phi) is 5.87. The van der Waals surface area contributed by atoms with E-state index in [0.717, 1.165) is 18.5 Å². The average Bonchev–Trinajstić information content (AvgIpc) is 2.87. The van der Waals surface area contributed by atoms with Crippen LogP contribution in [-0.2, 0) is 14.6 Å². The lowest BCUT2D eigenvalue weighted by Gasteiger charge is -2.23. The lowest BCUT2D eigenvalue weighted by molar-refractivity contribution is -0.905. The van der Waals surface area contributed by atoms with Crippen LogP contribution < -0.4 is 9.63 Å². The number of anilines is 1. The van der Waals surface area contributed by atoms with Gasteiger partial charge in [0, 0.05) is 29.5 Å². The molecule has 8 nitrogen and oxygen atoms in total.